The molecule has 0 saturated heterocycles. The Morgan fingerprint density at radius 1 is 0.900 bits per heavy atom. The van der Waals surface area contributed by atoms with Crippen molar-refractivity contribution >= 4 is 16.0 Å². The summed E-state index contributed by atoms with van der Waals surface area (Å²) in [5.41, 5.74) is 0.415. The summed E-state index contributed by atoms with van der Waals surface area (Å²) < 4.78 is 27.7. The molecule has 5 nitrogen and oxygen atoms in total. The molecule has 0 aliphatic carbocycles. The van der Waals surface area contributed by atoms with Gasteiger partial charge in [0.15, 0.2) is 0 Å². The Balaban J connectivity index is 1.98. The average Bonchev–Trinajstić information content (AvgIpc) is 2.63. The van der Waals surface area contributed by atoms with E-state index in [0.717, 1.165) is 31.2 Å². The van der Waals surface area contributed by atoms with Gasteiger partial charge in [-0.25, -0.2) is 13.6 Å². The molecular formula is C24H37NO4S. The second kappa shape index (κ2) is 13.5. The minimum Gasteiger partial charge on any atom is -0.460 e. The van der Waals surface area contributed by atoms with E-state index in [-0.39, 0.29) is 16.5 Å². The van der Waals surface area contributed by atoms with Crippen molar-refractivity contribution in [3.8, 4) is 11.8 Å². The van der Waals surface area contributed by atoms with Gasteiger partial charge in [0.1, 0.15) is 5.60 Å². The molecule has 6 heteroatoms. The van der Waals surface area contributed by atoms with Crippen LogP contribution in [0.25, 0.3) is 0 Å². The van der Waals surface area contributed by atoms with E-state index >= 15 is 0 Å². The molecule has 2 N–H and O–H groups in total. The van der Waals surface area contributed by atoms with Gasteiger partial charge < -0.3 is 4.74 Å². The van der Waals surface area contributed by atoms with E-state index in [4.69, 9.17) is 9.88 Å². The topological polar surface area (TPSA) is 86.5 Å². The summed E-state index contributed by atoms with van der Waals surface area (Å²) in [6, 6.07) is 6.33. The summed E-state index contributed by atoms with van der Waals surface area (Å²) in [5, 5.41) is 5.08. The van der Waals surface area contributed by atoms with Crippen LogP contribution in [0.1, 0.15) is 97.0 Å². The van der Waals surface area contributed by atoms with Crippen molar-refractivity contribution in [3.63, 3.8) is 0 Å². The molecule has 0 aliphatic rings. The Morgan fingerprint density at radius 2 is 1.40 bits per heavy atom. The largest absolute Gasteiger partial charge is 0.460 e. The zero-order valence-electron chi connectivity index (χ0n) is 18.7. The Labute approximate surface area is 182 Å². The maximum atomic E-state index is 11.6. The van der Waals surface area contributed by atoms with Gasteiger partial charge in [-0.15, -0.1) is 0 Å². The highest BCUT2D eigenvalue weighted by molar-refractivity contribution is 7.89. The van der Waals surface area contributed by atoms with E-state index in [0.29, 0.717) is 6.42 Å². The van der Waals surface area contributed by atoms with Gasteiger partial charge in [-0.2, -0.15) is 0 Å². The molecule has 1 rings (SSSR count). The molecule has 0 fully saturated rings. The number of hydrogen-bond acceptors (Lipinski definition) is 4. The molecule has 0 atom stereocenters. The Kier molecular flexibility index (Phi) is 11.8. The highest BCUT2D eigenvalue weighted by Crippen LogP contribution is 2.14. The molecule has 0 bridgehead atoms. The molecule has 0 radical (unpaired) electrons. The number of esters is 1. The Bertz CT molecular complexity index is 796. The van der Waals surface area contributed by atoms with Gasteiger partial charge in [0.05, 0.1) is 4.90 Å². The van der Waals surface area contributed by atoms with Crippen LogP contribution in [0.2, 0.25) is 0 Å². The van der Waals surface area contributed by atoms with Gasteiger partial charge in [0, 0.05) is 18.4 Å². The third kappa shape index (κ3) is 13.4. The van der Waals surface area contributed by atoms with Crippen LogP contribution in [0.15, 0.2) is 29.2 Å². The lowest BCUT2D eigenvalue weighted by molar-refractivity contribution is -0.154. The first-order chi connectivity index (χ1) is 14.1. The molecule has 1 aromatic carbocycles. The lowest BCUT2D eigenvalue weighted by atomic mass is 10.1. The number of rotatable bonds is 12. The number of carbonyl (C=O) groups is 1. The van der Waals surface area contributed by atoms with Crippen LogP contribution < -0.4 is 5.14 Å². The fraction of sp³-hybridized carbons (Fsp3) is 0.625. The number of nitrogens with two attached hydrogens (primary N) is 1. The lowest BCUT2D eigenvalue weighted by Crippen LogP contribution is -2.23. The predicted molar refractivity (Wildman–Crippen MR) is 121 cm³/mol. The fourth-order valence-electron chi connectivity index (χ4n) is 3.01. The normalized spacial score (nSPS) is 11.6. The Morgan fingerprint density at radius 3 is 1.90 bits per heavy atom. The van der Waals surface area contributed by atoms with Crippen molar-refractivity contribution in [2.75, 3.05) is 0 Å². The number of carbonyl (C=O) groups excluding carboxylic acids is 1. The van der Waals surface area contributed by atoms with Gasteiger partial charge in [0.2, 0.25) is 10.0 Å². The molecular weight excluding hydrogens is 398 g/mol. The number of unbranched alkanes of at least 4 members (excludes halogenated alkanes) is 9. The molecule has 0 aromatic heterocycles. The van der Waals surface area contributed by atoms with Crippen LogP contribution in [0.3, 0.4) is 0 Å². The first kappa shape index (κ1) is 26.2. The van der Waals surface area contributed by atoms with Crippen LogP contribution >= 0.6 is 0 Å². The fourth-order valence-corrected chi connectivity index (χ4v) is 3.52. The van der Waals surface area contributed by atoms with Gasteiger partial charge in [-0.1, -0.05) is 56.8 Å². The molecule has 0 amide bonds. The third-order valence-corrected chi connectivity index (χ3v) is 5.45. The highest BCUT2D eigenvalue weighted by Gasteiger charge is 2.15. The standard InChI is InChI=1S/C24H37NO4S/c1-24(2,3)29-23(26)16-14-12-10-8-6-4-5-7-9-11-13-15-21-17-19-22(20-18-21)30(25,27)28/h17-20H,4-12,14,16H2,1-3H3,(H2,25,27,28). The van der Waals surface area contributed by atoms with Crippen LogP contribution in [0.4, 0.5) is 0 Å². The summed E-state index contributed by atoms with van der Waals surface area (Å²) in [5.74, 6) is 6.10. The Hall–Kier alpha value is -1.84. The summed E-state index contributed by atoms with van der Waals surface area (Å²) in [7, 11) is -3.64. The van der Waals surface area contributed by atoms with E-state index in [2.05, 4.69) is 11.8 Å². The molecule has 30 heavy (non-hydrogen) atoms. The number of primary sulfonamides is 1. The second-order valence-electron chi connectivity index (χ2n) is 8.64. The highest BCUT2D eigenvalue weighted by atomic mass is 32.2. The zero-order chi connectivity index (χ0) is 22.5. The second-order valence-corrected chi connectivity index (χ2v) is 10.2. The van der Waals surface area contributed by atoms with E-state index in [1.165, 1.54) is 50.7 Å². The lowest BCUT2D eigenvalue weighted by Gasteiger charge is -2.19. The monoisotopic (exact) mass is 435 g/mol. The van der Waals surface area contributed by atoms with Crippen molar-refractivity contribution in [2.24, 2.45) is 5.14 Å². The summed E-state index contributed by atoms with van der Waals surface area (Å²) in [6.45, 7) is 5.69. The minimum atomic E-state index is -3.64. The number of ether oxygens (including phenoxy) is 1. The maximum Gasteiger partial charge on any atom is 0.306 e. The molecule has 0 saturated carbocycles. The van der Waals surface area contributed by atoms with Crippen molar-refractivity contribution in [2.45, 2.75) is 102 Å². The van der Waals surface area contributed by atoms with E-state index < -0.39 is 10.0 Å². The smallest absolute Gasteiger partial charge is 0.306 e. The molecule has 168 valence electrons. The molecule has 1 aromatic rings. The van der Waals surface area contributed by atoms with E-state index in [9.17, 15) is 13.2 Å². The summed E-state index contributed by atoms with van der Waals surface area (Å²) in [6.07, 6.45) is 11.8. The predicted octanol–water partition coefficient (Wildman–Crippen LogP) is 5.32. The molecule has 0 heterocycles. The van der Waals surface area contributed by atoms with Crippen LogP contribution in [-0.2, 0) is 19.6 Å². The number of sulfonamides is 1. The van der Waals surface area contributed by atoms with Crippen LogP contribution in [-0.4, -0.2) is 20.0 Å². The van der Waals surface area contributed by atoms with Crippen molar-refractivity contribution in [3.05, 3.63) is 29.8 Å². The third-order valence-electron chi connectivity index (χ3n) is 4.52. The van der Waals surface area contributed by atoms with Crippen molar-refractivity contribution in [1.82, 2.24) is 0 Å². The first-order valence-corrected chi connectivity index (χ1v) is 12.5. The summed E-state index contributed by atoms with van der Waals surface area (Å²) >= 11 is 0. The van der Waals surface area contributed by atoms with Gasteiger partial charge in [-0.05, 0) is 57.9 Å². The van der Waals surface area contributed by atoms with Gasteiger partial charge in [0.25, 0.3) is 0 Å². The minimum absolute atomic E-state index is 0.0916. The molecule has 0 spiro atoms. The van der Waals surface area contributed by atoms with E-state index in [1.807, 2.05) is 20.8 Å². The van der Waals surface area contributed by atoms with E-state index in [1.54, 1.807) is 12.1 Å². The first-order valence-electron chi connectivity index (χ1n) is 10.9. The van der Waals surface area contributed by atoms with Gasteiger partial charge in [-0.3, -0.25) is 4.79 Å². The number of hydrogen-bond donors (Lipinski definition) is 1. The molecule has 0 aliphatic heterocycles. The average molecular weight is 436 g/mol. The van der Waals surface area contributed by atoms with Crippen LogP contribution in [0, 0.1) is 11.8 Å². The summed E-state index contributed by atoms with van der Waals surface area (Å²) in [4.78, 5) is 11.7. The zero-order valence-corrected chi connectivity index (χ0v) is 19.5. The van der Waals surface area contributed by atoms with Crippen LogP contribution in [0.5, 0.6) is 0 Å². The van der Waals surface area contributed by atoms with Crippen molar-refractivity contribution in [1.29, 1.82) is 0 Å². The SMILES string of the molecule is CC(C)(C)OC(=O)CCCCCCCCCCCC#Cc1ccc(S(N)(=O)=O)cc1. The maximum absolute atomic E-state index is 11.6. The van der Waals surface area contributed by atoms with Crippen molar-refractivity contribution < 1.29 is 17.9 Å². The quantitative estimate of drug-likeness (QED) is 0.273. The van der Waals surface area contributed by atoms with Gasteiger partial charge >= 0.3 is 5.97 Å². The number of benzene rings is 1. The molecule has 0 unspecified atom stereocenters.